The van der Waals surface area contributed by atoms with Gasteiger partial charge in [-0.05, 0) is 31.4 Å². The number of benzene rings is 1. The second-order valence-corrected chi connectivity index (χ2v) is 5.95. The number of methoxy groups -OCH3 is 1. The van der Waals surface area contributed by atoms with Gasteiger partial charge in [0.1, 0.15) is 5.56 Å². The van der Waals surface area contributed by atoms with Gasteiger partial charge in [-0.1, -0.05) is 18.2 Å². The Kier molecular flexibility index (Phi) is 4.74. The van der Waals surface area contributed by atoms with E-state index in [-0.39, 0.29) is 18.1 Å². The average molecular weight is 343 g/mol. The van der Waals surface area contributed by atoms with Gasteiger partial charge in [-0.25, -0.2) is 9.48 Å². The summed E-state index contributed by atoms with van der Waals surface area (Å²) in [5.41, 5.74) is 2.78. The zero-order valence-electron chi connectivity index (χ0n) is 14.6. The first kappa shape index (κ1) is 17.0. The number of carbonyl (C=O) groups excluding carboxylic acids is 2. The van der Waals surface area contributed by atoms with Crippen LogP contribution >= 0.6 is 0 Å². The highest BCUT2D eigenvalue weighted by atomic mass is 16.5. The number of aromatic nitrogens is 2. The molecule has 7 heteroatoms. The number of rotatable bonds is 4. The van der Waals surface area contributed by atoms with Crippen LogP contribution in [0.4, 0.5) is 5.69 Å². The summed E-state index contributed by atoms with van der Waals surface area (Å²) in [6, 6.07) is 7.80. The number of para-hydroxylation sites is 1. The van der Waals surface area contributed by atoms with Crippen molar-refractivity contribution in [2.24, 2.45) is 7.05 Å². The van der Waals surface area contributed by atoms with Crippen molar-refractivity contribution in [2.45, 2.75) is 19.8 Å². The Morgan fingerprint density at radius 2 is 2.04 bits per heavy atom. The Morgan fingerprint density at radius 1 is 1.28 bits per heavy atom. The van der Waals surface area contributed by atoms with Crippen LogP contribution in [0.1, 0.15) is 28.0 Å². The third-order valence-corrected chi connectivity index (χ3v) is 4.31. The van der Waals surface area contributed by atoms with Crippen molar-refractivity contribution in [1.82, 2.24) is 9.78 Å². The molecular weight excluding hydrogens is 322 g/mol. The lowest BCUT2D eigenvalue weighted by Crippen LogP contribution is -2.38. The van der Waals surface area contributed by atoms with E-state index in [1.807, 2.05) is 24.3 Å². The van der Waals surface area contributed by atoms with Gasteiger partial charge in [-0.2, -0.15) is 5.10 Å². The number of anilines is 1. The molecule has 25 heavy (non-hydrogen) atoms. The van der Waals surface area contributed by atoms with E-state index in [0.717, 1.165) is 24.1 Å². The monoisotopic (exact) mass is 343 g/mol. The van der Waals surface area contributed by atoms with Gasteiger partial charge in [0.2, 0.25) is 5.88 Å². The molecule has 3 rings (SSSR count). The first-order chi connectivity index (χ1) is 12.0. The normalized spacial score (nSPS) is 13.3. The van der Waals surface area contributed by atoms with Crippen LogP contribution in [-0.2, 0) is 23.0 Å². The minimum Gasteiger partial charge on any atom is -0.481 e. The van der Waals surface area contributed by atoms with E-state index >= 15 is 0 Å². The van der Waals surface area contributed by atoms with Crippen molar-refractivity contribution in [1.29, 1.82) is 0 Å². The zero-order chi connectivity index (χ0) is 18.0. The predicted molar refractivity (Wildman–Crippen MR) is 91.9 cm³/mol. The first-order valence-corrected chi connectivity index (χ1v) is 8.16. The van der Waals surface area contributed by atoms with Gasteiger partial charge < -0.3 is 14.4 Å². The van der Waals surface area contributed by atoms with E-state index in [0.29, 0.717) is 18.1 Å². The summed E-state index contributed by atoms with van der Waals surface area (Å²) in [5.74, 6) is -0.527. The summed E-state index contributed by atoms with van der Waals surface area (Å²) < 4.78 is 11.9. The molecule has 1 amide bonds. The molecule has 0 bridgehead atoms. The third kappa shape index (κ3) is 3.22. The summed E-state index contributed by atoms with van der Waals surface area (Å²) in [6.45, 7) is 2.01. The van der Waals surface area contributed by atoms with Crippen molar-refractivity contribution >= 4 is 17.6 Å². The van der Waals surface area contributed by atoms with E-state index in [4.69, 9.17) is 9.47 Å². The minimum atomic E-state index is -0.610. The zero-order valence-corrected chi connectivity index (χ0v) is 14.6. The molecule has 0 atom stereocenters. The van der Waals surface area contributed by atoms with E-state index in [1.54, 1.807) is 18.9 Å². The fraction of sp³-hybridized carbons (Fsp3) is 0.389. The van der Waals surface area contributed by atoms with E-state index in [1.165, 1.54) is 11.8 Å². The molecule has 0 saturated carbocycles. The van der Waals surface area contributed by atoms with Crippen LogP contribution in [0.15, 0.2) is 24.3 Å². The van der Waals surface area contributed by atoms with Crippen LogP contribution in [-0.4, -0.2) is 41.9 Å². The summed E-state index contributed by atoms with van der Waals surface area (Å²) in [6.07, 6.45) is 1.85. The maximum atomic E-state index is 12.5. The van der Waals surface area contributed by atoms with Crippen LogP contribution in [0.2, 0.25) is 0 Å². The highest BCUT2D eigenvalue weighted by Crippen LogP contribution is 2.27. The van der Waals surface area contributed by atoms with Gasteiger partial charge >= 0.3 is 5.97 Å². The van der Waals surface area contributed by atoms with E-state index < -0.39 is 5.97 Å². The fourth-order valence-corrected chi connectivity index (χ4v) is 3.18. The van der Waals surface area contributed by atoms with E-state index in [9.17, 15) is 9.59 Å². The predicted octanol–water partition coefficient (Wildman–Crippen LogP) is 1.87. The van der Waals surface area contributed by atoms with Gasteiger partial charge in [0.05, 0.1) is 12.8 Å². The summed E-state index contributed by atoms with van der Waals surface area (Å²) >= 11 is 0. The molecule has 2 aromatic rings. The van der Waals surface area contributed by atoms with Crippen LogP contribution in [0.3, 0.4) is 0 Å². The number of hydrogen-bond donors (Lipinski definition) is 0. The van der Waals surface area contributed by atoms with Crippen molar-refractivity contribution in [3.63, 3.8) is 0 Å². The Morgan fingerprint density at radius 3 is 2.80 bits per heavy atom. The van der Waals surface area contributed by atoms with Crippen molar-refractivity contribution in [3.8, 4) is 5.88 Å². The average Bonchev–Trinajstić information content (AvgIpc) is 2.92. The lowest BCUT2D eigenvalue weighted by atomic mass is 10.0. The van der Waals surface area contributed by atoms with Gasteiger partial charge in [-0.15, -0.1) is 0 Å². The third-order valence-electron chi connectivity index (χ3n) is 4.31. The molecule has 1 aliphatic rings. The second-order valence-electron chi connectivity index (χ2n) is 5.95. The summed E-state index contributed by atoms with van der Waals surface area (Å²) in [7, 11) is 3.14. The number of ether oxygens (including phenoxy) is 2. The topological polar surface area (TPSA) is 73.7 Å². The first-order valence-electron chi connectivity index (χ1n) is 8.16. The van der Waals surface area contributed by atoms with E-state index in [2.05, 4.69) is 5.10 Å². The number of hydrogen-bond acceptors (Lipinski definition) is 5. The van der Waals surface area contributed by atoms with Crippen LogP contribution in [0.25, 0.3) is 0 Å². The van der Waals surface area contributed by atoms with Gasteiger partial charge in [0.15, 0.2) is 6.61 Å². The molecular formula is C18H21N3O4. The number of amides is 1. The molecule has 0 radical (unpaired) electrons. The van der Waals surface area contributed by atoms with Gasteiger partial charge in [0, 0.05) is 19.3 Å². The number of nitrogens with zero attached hydrogens (tertiary/aromatic N) is 3. The Hall–Kier alpha value is -2.83. The fourth-order valence-electron chi connectivity index (χ4n) is 3.18. The van der Waals surface area contributed by atoms with Crippen LogP contribution in [0.5, 0.6) is 5.88 Å². The molecule has 0 saturated heterocycles. The Labute approximate surface area is 146 Å². The molecule has 0 unspecified atom stereocenters. The van der Waals surface area contributed by atoms with Crippen molar-refractivity contribution in [2.75, 3.05) is 25.2 Å². The molecule has 0 spiro atoms. The highest BCUT2D eigenvalue weighted by Gasteiger charge is 2.26. The summed E-state index contributed by atoms with van der Waals surface area (Å²) in [5, 5.41) is 4.15. The van der Waals surface area contributed by atoms with Gasteiger partial charge in [0.25, 0.3) is 5.91 Å². The van der Waals surface area contributed by atoms with Gasteiger partial charge in [-0.3, -0.25) is 4.79 Å². The Balaban J connectivity index is 1.70. The second kappa shape index (κ2) is 6.96. The standard InChI is InChI=1S/C18H21N3O4/c1-12-16(17(24-3)20(2)19-12)18(23)25-11-15(22)21-10-6-8-13-7-4-5-9-14(13)21/h4-5,7,9H,6,8,10-11H2,1-3H3. The minimum absolute atomic E-state index is 0.235. The number of esters is 1. The van der Waals surface area contributed by atoms with Crippen LogP contribution < -0.4 is 9.64 Å². The molecule has 7 nitrogen and oxygen atoms in total. The molecule has 2 heterocycles. The van der Waals surface area contributed by atoms with Crippen molar-refractivity contribution in [3.05, 3.63) is 41.1 Å². The lowest BCUT2D eigenvalue weighted by Gasteiger charge is -2.29. The lowest BCUT2D eigenvalue weighted by molar-refractivity contribution is -0.121. The number of carbonyl (C=O) groups is 2. The quantitative estimate of drug-likeness (QED) is 0.793. The summed E-state index contributed by atoms with van der Waals surface area (Å²) in [4.78, 5) is 26.6. The number of aryl methyl sites for hydroxylation is 3. The maximum absolute atomic E-state index is 12.5. The Bertz CT molecular complexity index is 813. The number of fused-ring (bicyclic) bond motifs is 1. The molecule has 0 N–H and O–H groups in total. The smallest absolute Gasteiger partial charge is 0.346 e. The molecule has 0 fully saturated rings. The SMILES string of the molecule is COc1c(C(=O)OCC(=O)N2CCCc3ccccc32)c(C)nn1C. The molecule has 132 valence electrons. The van der Waals surface area contributed by atoms with Crippen molar-refractivity contribution < 1.29 is 19.1 Å². The molecule has 1 aromatic carbocycles. The largest absolute Gasteiger partial charge is 0.481 e. The molecule has 1 aliphatic heterocycles. The maximum Gasteiger partial charge on any atom is 0.346 e. The molecule has 1 aromatic heterocycles. The highest BCUT2D eigenvalue weighted by molar-refractivity contribution is 5.99. The van der Waals surface area contributed by atoms with Crippen LogP contribution in [0, 0.1) is 6.92 Å². The molecule has 0 aliphatic carbocycles.